The Morgan fingerprint density at radius 2 is 1.88 bits per heavy atom. The Balaban J connectivity index is 1.91. The monoisotopic (exact) mass is 337 g/mol. The Morgan fingerprint density at radius 1 is 1.20 bits per heavy atom. The Morgan fingerprint density at radius 3 is 2.64 bits per heavy atom. The zero-order chi connectivity index (χ0) is 18.0. The highest BCUT2D eigenvalue weighted by atomic mass is 16.6. The van der Waals surface area contributed by atoms with Crippen LogP contribution in [0.1, 0.15) is 25.0 Å². The van der Waals surface area contributed by atoms with Crippen LogP contribution in [0, 0.1) is 10.1 Å². The van der Waals surface area contributed by atoms with E-state index >= 15 is 0 Å². The van der Waals surface area contributed by atoms with Gasteiger partial charge >= 0.3 is 0 Å². The van der Waals surface area contributed by atoms with Crippen molar-refractivity contribution >= 4 is 23.0 Å². The van der Waals surface area contributed by atoms with Crippen molar-refractivity contribution in [3.05, 3.63) is 75.8 Å². The third kappa shape index (κ3) is 3.68. The van der Waals surface area contributed by atoms with Crippen molar-refractivity contribution in [3.63, 3.8) is 0 Å². The number of nitro groups is 1. The first-order valence-corrected chi connectivity index (χ1v) is 7.98. The lowest BCUT2D eigenvalue weighted by molar-refractivity contribution is -0.383. The zero-order valence-corrected chi connectivity index (χ0v) is 14.1. The van der Waals surface area contributed by atoms with Gasteiger partial charge in [0.2, 0.25) is 0 Å². The van der Waals surface area contributed by atoms with Crippen LogP contribution in [0.3, 0.4) is 0 Å². The molecule has 0 bridgehead atoms. The molecule has 0 aromatic heterocycles. The van der Waals surface area contributed by atoms with Crippen LogP contribution in [0.5, 0.6) is 0 Å². The van der Waals surface area contributed by atoms with E-state index in [0.717, 1.165) is 17.5 Å². The molecule has 1 heterocycles. The fraction of sp³-hybridized carbons (Fsp3) is 0.211. The van der Waals surface area contributed by atoms with E-state index in [1.807, 2.05) is 24.3 Å². The van der Waals surface area contributed by atoms with Crippen molar-refractivity contribution in [2.45, 2.75) is 25.8 Å². The van der Waals surface area contributed by atoms with Gasteiger partial charge in [0.1, 0.15) is 5.69 Å². The van der Waals surface area contributed by atoms with Crippen LogP contribution in [0.25, 0.3) is 5.70 Å². The molecular formula is C19H19N3O3. The maximum atomic E-state index is 12.4. The number of nitro benzene ring substituents is 1. The molecule has 0 saturated carbocycles. The van der Waals surface area contributed by atoms with E-state index in [0.29, 0.717) is 5.70 Å². The quantitative estimate of drug-likeness (QED) is 0.510. The van der Waals surface area contributed by atoms with Gasteiger partial charge < -0.3 is 10.6 Å². The lowest BCUT2D eigenvalue weighted by atomic mass is 9.86. The Bertz CT molecular complexity index is 872. The largest absolute Gasteiger partial charge is 0.379 e. The number of hydrogen-bond donors (Lipinski definition) is 2. The van der Waals surface area contributed by atoms with Crippen molar-refractivity contribution in [2.24, 2.45) is 0 Å². The van der Waals surface area contributed by atoms with E-state index in [4.69, 9.17) is 0 Å². The molecule has 0 saturated heterocycles. The van der Waals surface area contributed by atoms with E-state index < -0.39 is 10.8 Å². The highest BCUT2D eigenvalue weighted by Crippen LogP contribution is 2.29. The summed E-state index contributed by atoms with van der Waals surface area (Å²) in [6.45, 7) is 4.13. The van der Waals surface area contributed by atoms with E-state index in [-0.39, 0.29) is 16.9 Å². The molecular weight excluding hydrogens is 318 g/mol. The molecule has 0 radical (unpaired) electrons. The molecule has 0 atom stereocenters. The van der Waals surface area contributed by atoms with Crippen molar-refractivity contribution in [3.8, 4) is 0 Å². The van der Waals surface area contributed by atoms with Crippen LogP contribution in [0.2, 0.25) is 0 Å². The lowest BCUT2D eigenvalue weighted by Gasteiger charge is -2.35. The number of anilines is 1. The van der Waals surface area contributed by atoms with Crippen LogP contribution >= 0.6 is 0 Å². The number of nitrogens with one attached hydrogen (secondary N) is 2. The molecule has 6 nitrogen and oxygen atoms in total. The molecule has 3 rings (SSSR count). The molecule has 128 valence electrons. The Labute approximate surface area is 145 Å². The number of para-hydroxylation sites is 2. The first kappa shape index (κ1) is 16.7. The number of carbonyl (C=O) groups excluding carboxylic acids is 1. The molecule has 0 fully saturated rings. The third-order valence-corrected chi connectivity index (χ3v) is 4.05. The summed E-state index contributed by atoms with van der Waals surface area (Å²) in [6, 6.07) is 14.0. The minimum Gasteiger partial charge on any atom is -0.379 e. The molecule has 2 aromatic rings. The molecule has 25 heavy (non-hydrogen) atoms. The summed E-state index contributed by atoms with van der Waals surface area (Å²) in [7, 11) is 0. The lowest BCUT2D eigenvalue weighted by Crippen LogP contribution is -2.44. The molecule has 6 heteroatoms. The van der Waals surface area contributed by atoms with Crippen LogP contribution in [0.4, 0.5) is 11.4 Å². The number of amides is 1. The predicted octanol–water partition coefficient (Wildman–Crippen LogP) is 3.50. The molecule has 1 amide bonds. The summed E-state index contributed by atoms with van der Waals surface area (Å²) in [5.41, 5.74) is 2.71. The third-order valence-electron chi connectivity index (χ3n) is 4.05. The summed E-state index contributed by atoms with van der Waals surface area (Å²) >= 11 is 0. The second-order valence-corrected chi connectivity index (χ2v) is 6.66. The van der Waals surface area contributed by atoms with E-state index in [1.165, 1.54) is 18.2 Å². The van der Waals surface area contributed by atoms with Crippen LogP contribution in [-0.4, -0.2) is 16.4 Å². The number of nitrogens with zero attached hydrogens (tertiary/aromatic N) is 1. The minimum absolute atomic E-state index is 0.133. The first-order valence-electron chi connectivity index (χ1n) is 7.98. The predicted molar refractivity (Wildman–Crippen MR) is 97.1 cm³/mol. The van der Waals surface area contributed by atoms with Crippen LogP contribution in [-0.2, 0) is 11.2 Å². The number of hydrogen-bond acceptors (Lipinski definition) is 4. The maximum Gasteiger partial charge on any atom is 0.292 e. The van der Waals surface area contributed by atoms with Crippen LogP contribution in [0.15, 0.2) is 54.6 Å². The van der Waals surface area contributed by atoms with Crippen molar-refractivity contribution in [1.82, 2.24) is 5.32 Å². The molecule has 1 aliphatic rings. The highest BCUT2D eigenvalue weighted by molar-refractivity contribution is 6.05. The van der Waals surface area contributed by atoms with E-state index in [1.54, 1.807) is 12.1 Å². The van der Waals surface area contributed by atoms with Gasteiger partial charge in [0.05, 0.1) is 4.92 Å². The van der Waals surface area contributed by atoms with Gasteiger partial charge in [0.25, 0.3) is 11.6 Å². The SMILES string of the molecule is CC1(C)Cc2ccccc2/C(=C/C(=O)Nc2ccccc2[N+](=O)[O-])N1. The number of fused-ring (bicyclic) bond motifs is 1. The molecule has 2 aromatic carbocycles. The summed E-state index contributed by atoms with van der Waals surface area (Å²) < 4.78 is 0. The van der Waals surface area contributed by atoms with Gasteiger partial charge in [-0.25, -0.2) is 0 Å². The van der Waals surface area contributed by atoms with E-state index in [9.17, 15) is 14.9 Å². The highest BCUT2D eigenvalue weighted by Gasteiger charge is 2.27. The van der Waals surface area contributed by atoms with Gasteiger partial charge in [-0.2, -0.15) is 0 Å². The number of carbonyl (C=O) groups is 1. The average Bonchev–Trinajstić information content (AvgIpc) is 2.54. The molecule has 2 N–H and O–H groups in total. The standard InChI is InChI=1S/C19H19N3O3/c1-19(2)12-13-7-3-4-8-14(13)16(21-19)11-18(23)20-15-9-5-6-10-17(15)22(24)25/h3-11,21H,12H2,1-2H3,(H,20,23)/b16-11-. The smallest absolute Gasteiger partial charge is 0.292 e. The summed E-state index contributed by atoms with van der Waals surface area (Å²) in [6.07, 6.45) is 2.31. The number of rotatable bonds is 3. The molecule has 0 spiro atoms. The van der Waals surface area contributed by atoms with Crippen LogP contribution < -0.4 is 10.6 Å². The maximum absolute atomic E-state index is 12.4. The summed E-state index contributed by atoms with van der Waals surface area (Å²) in [4.78, 5) is 23.0. The second kappa shape index (κ2) is 6.39. The van der Waals surface area contributed by atoms with Crippen molar-refractivity contribution in [2.75, 3.05) is 5.32 Å². The molecule has 0 aliphatic carbocycles. The van der Waals surface area contributed by atoms with Gasteiger partial charge in [-0.1, -0.05) is 36.4 Å². The normalized spacial score (nSPS) is 16.6. The van der Waals surface area contributed by atoms with Crippen molar-refractivity contribution in [1.29, 1.82) is 0 Å². The second-order valence-electron chi connectivity index (χ2n) is 6.66. The average molecular weight is 337 g/mol. The topological polar surface area (TPSA) is 84.3 Å². The van der Waals surface area contributed by atoms with Gasteiger partial charge in [0.15, 0.2) is 0 Å². The van der Waals surface area contributed by atoms with Gasteiger partial charge in [-0.3, -0.25) is 14.9 Å². The molecule has 1 aliphatic heterocycles. The summed E-state index contributed by atoms with van der Waals surface area (Å²) in [5, 5.41) is 17.0. The first-order chi connectivity index (χ1) is 11.9. The Kier molecular flexibility index (Phi) is 4.27. The van der Waals surface area contributed by atoms with Gasteiger partial charge in [0, 0.05) is 28.9 Å². The fourth-order valence-corrected chi connectivity index (χ4v) is 3.04. The zero-order valence-electron chi connectivity index (χ0n) is 14.1. The van der Waals surface area contributed by atoms with Gasteiger partial charge in [-0.05, 0) is 31.9 Å². The van der Waals surface area contributed by atoms with E-state index in [2.05, 4.69) is 24.5 Å². The van der Waals surface area contributed by atoms with Crippen molar-refractivity contribution < 1.29 is 9.72 Å². The number of benzene rings is 2. The Hall–Kier alpha value is -3.15. The van der Waals surface area contributed by atoms with Gasteiger partial charge in [-0.15, -0.1) is 0 Å². The molecule has 0 unspecified atom stereocenters. The minimum atomic E-state index is -0.514. The summed E-state index contributed by atoms with van der Waals surface area (Å²) in [5.74, 6) is -0.413. The fourth-order valence-electron chi connectivity index (χ4n) is 3.04.